The number of pyridine rings is 1. The van der Waals surface area contributed by atoms with Gasteiger partial charge < -0.3 is 0 Å². The lowest BCUT2D eigenvalue weighted by Crippen LogP contribution is -2.50. The highest BCUT2D eigenvalue weighted by molar-refractivity contribution is 6.19. The molecule has 1 amide bonds. The summed E-state index contributed by atoms with van der Waals surface area (Å²) in [4.78, 5) is 31.5. The Morgan fingerprint density at radius 2 is 2.00 bits per heavy atom. The molecule has 1 unspecified atom stereocenters. The topological polar surface area (TPSA) is 55.2 Å². The van der Waals surface area contributed by atoms with Crippen molar-refractivity contribution in [2.45, 2.75) is 12.5 Å². The van der Waals surface area contributed by atoms with E-state index in [-0.39, 0.29) is 11.8 Å². The molecular formula is C17H11N3O2. The van der Waals surface area contributed by atoms with Crippen LogP contribution >= 0.6 is 0 Å². The molecule has 0 fully saturated rings. The first-order chi connectivity index (χ1) is 10.8. The lowest BCUT2D eigenvalue weighted by molar-refractivity contribution is 0.0802. The van der Waals surface area contributed by atoms with Gasteiger partial charge in [0.2, 0.25) is 0 Å². The zero-order valence-corrected chi connectivity index (χ0v) is 11.6. The summed E-state index contributed by atoms with van der Waals surface area (Å²) in [5, 5.41) is 0.909. The molecule has 1 aromatic carbocycles. The maximum atomic E-state index is 12.9. The molecule has 4 heterocycles. The third-order valence-electron chi connectivity index (χ3n) is 4.53. The van der Waals surface area contributed by atoms with Gasteiger partial charge in [0.1, 0.15) is 11.7 Å². The summed E-state index contributed by atoms with van der Waals surface area (Å²) < 4.78 is 1.57. The zero-order chi connectivity index (χ0) is 14.8. The maximum Gasteiger partial charge on any atom is 0.276 e. The van der Waals surface area contributed by atoms with Crippen molar-refractivity contribution in [1.29, 1.82) is 0 Å². The highest BCUT2D eigenvalue weighted by atomic mass is 16.2. The summed E-state index contributed by atoms with van der Waals surface area (Å²) in [5.41, 5.74) is 2.97. The quantitative estimate of drug-likeness (QED) is 0.638. The van der Waals surface area contributed by atoms with E-state index >= 15 is 0 Å². The molecule has 0 saturated heterocycles. The minimum atomic E-state index is -0.463. The van der Waals surface area contributed by atoms with Crippen molar-refractivity contribution in [3.8, 4) is 0 Å². The number of nitrogens with zero attached hydrogens (tertiary/aromatic N) is 3. The van der Waals surface area contributed by atoms with E-state index in [2.05, 4.69) is 4.98 Å². The third-order valence-corrected chi connectivity index (χ3v) is 4.53. The Morgan fingerprint density at radius 3 is 2.91 bits per heavy atom. The van der Waals surface area contributed by atoms with Gasteiger partial charge in [0.15, 0.2) is 0 Å². The number of carbonyl (C=O) groups is 2. The van der Waals surface area contributed by atoms with E-state index in [1.165, 1.54) is 0 Å². The second-order valence-electron chi connectivity index (χ2n) is 5.66. The fourth-order valence-corrected chi connectivity index (χ4v) is 3.54. The van der Waals surface area contributed by atoms with Gasteiger partial charge in [0.25, 0.3) is 11.8 Å². The molecule has 2 aromatic heterocycles. The lowest BCUT2D eigenvalue weighted by Gasteiger charge is -2.30. The Bertz CT molecular complexity index is 973. The minimum absolute atomic E-state index is 0.0491. The van der Waals surface area contributed by atoms with Gasteiger partial charge in [-0.05, 0) is 23.8 Å². The summed E-state index contributed by atoms with van der Waals surface area (Å²) in [6.07, 6.45) is 3.91. The number of para-hydroxylation sites is 1. The highest BCUT2D eigenvalue weighted by Gasteiger charge is 2.45. The number of hydrogen-bond donors (Lipinski definition) is 0. The Kier molecular flexibility index (Phi) is 2.03. The van der Waals surface area contributed by atoms with Gasteiger partial charge in [0, 0.05) is 18.0 Å². The number of aromatic nitrogens is 2. The summed E-state index contributed by atoms with van der Waals surface area (Å²) in [6, 6.07) is 10.8. The normalized spacial score (nSPS) is 19.3. The van der Waals surface area contributed by atoms with E-state index in [9.17, 15) is 9.59 Å². The van der Waals surface area contributed by atoms with Crippen molar-refractivity contribution in [2.24, 2.45) is 0 Å². The molecule has 0 aliphatic carbocycles. The second kappa shape index (κ2) is 3.82. The number of rotatable bonds is 0. The van der Waals surface area contributed by atoms with Crippen LogP contribution < -0.4 is 4.90 Å². The van der Waals surface area contributed by atoms with Gasteiger partial charge >= 0.3 is 0 Å². The second-order valence-corrected chi connectivity index (χ2v) is 5.66. The van der Waals surface area contributed by atoms with E-state index in [0.717, 1.165) is 22.2 Å². The fraction of sp³-hybridized carbons (Fsp3) is 0.118. The predicted octanol–water partition coefficient (Wildman–Crippen LogP) is 2.26. The Hall–Kier alpha value is -2.95. The summed E-state index contributed by atoms with van der Waals surface area (Å²) in [6.45, 7) is 0. The van der Waals surface area contributed by atoms with Crippen LogP contribution in [0.5, 0.6) is 0 Å². The molecule has 22 heavy (non-hydrogen) atoms. The number of hydrogen-bond acceptors (Lipinski definition) is 3. The van der Waals surface area contributed by atoms with Crippen molar-refractivity contribution < 1.29 is 9.59 Å². The Morgan fingerprint density at radius 1 is 1.14 bits per heavy atom. The van der Waals surface area contributed by atoms with Crippen LogP contribution in [0.3, 0.4) is 0 Å². The van der Waals surface area contributed by atoms with Crippen LogP contribution in [0.1, 0.15) is 20.8 Å². The van der Waals surface area contributed by atoms with Crippen molar-refractivity contribution in [3.63, 3.8) is 0 Å². The molecule has 2 aliphatic rings. The van der Waals surface area contributed by atoms with E-state index in [1.54, 1.807) is 27.9 Å². The summed E-state index contributed by atoms with van der Waals surface area (Å²) >= 11 is 0. The molecule has 5 rings (SSSR count). The first-order valence-electron chi connectivity index (χ1n) is 7.17. The van der Waals surface area contributed by atoms with E-state index in [4.69, 9.17) is 0 Å². The zero-order valence-electron chi connectivity index (χ0n) is 11.6. The monoisotopic (exact) mass is 289 g/mol. The molecular weight excluding hydrogens is 278 g/mol. The number of carbonyl (C=O) groups excluding carboxylic acids is 2. The molecule has 0 radical (unpaired) electrons. The summed E-state index contributed by atoms with van der Waals surface area (Å²) in [5.74, 6) is -0.181. The summed E-state index contributed by atoms with van der Waals surface area (Å²) in [7, 11) is 0. The molecule has 5 heteroatoms. The molecule has 0 saturated carbocycles. The number of anilines is 1. The van der Waals surface area contributed by atoms with Crippen molar-refractivity contribution in [3.05, 3.63) is 60.0 Å². The molecule has 106 valence electrons. The van der Waals surface area contributed by atoms with Gasteiger partial charge in [-0.3, -0.25) is 24.0 Å². The van der Waals surface area contributed by atoms with Gasteiger partial charge in [-0.2, -0.15) is 0 Å². The van der Waals surface area contributed by atoms with E-state index in [0.29, 0.717) is 12.1 Å². The van der Waals surface area contributed by atoms with E-state index in [1.807, 2.05) is 30.3 Å². The Labute approximate surface area is 125 Å². The molecule has 0 bridgehead atoms. The molecule has 0 spiro atoms. The average Bonchev–Trinajstić information content (AvgIpc) is 3.12. The van der Waals surface area contributed by atoms with Gasteiger partial charge in [-0.1, -0.05) is 18.2 Å². The van der Waals surface area contributed by atoms with Gasteiger partial charge in [0.05, 0.1) is 17.4 Å². The van der Waals surface area contributed by atoms with Crippen LogP contribution in [0.4, 0.5) is 5.69 Å². The van der Waals surface area contributed by atoms with Crippen LogP contribution in [-0.2, 0) is 6.42 Å². The minimum Gasteiger partial charge on any atom is -0.292 e. The molecule has 1 atom stereocenters. The largest absolute Gasteiger partial charge is 0.292 e. The Balaban J connectivity index is 1.79. The highest BCUT2D eigenvalue weighted by Crippen LogP contribution is 2.37. The number of fused-ring (bicyclic) bond motifs is 6. The van der Waals surface area contributed by atoms with Crippen LogP contribution in [-0.4, -0.2) is 27.4 Å². The predicted molar refractivity (Wildman–Crippen MR) is 81.1 cm³/mol. The van der Waals surface area contributed by atoms with Crippen molar-refractivity contribution in [2.75, 3.05) is 4.90 Å². The smallest absolute Gasteiger partial charge is 0.276 e. The van der Waals surface area contributed by atoms with Crippen LogP contribution in [0.2, 0.25) is 0 Å². The lowest BCUT2D eigenvalue weighted by atomic mass is 10.1. The molecule has 0 N–H and O–H groups in total. The van der Waals surface area contributed by atoms with Crippen molar-refractivity contribution in [1.82, 2.24) is 9.55 Å². The van der Waals surface area contributed by atoms with Gasteiger partial charge in [-0.15, -0.1) is 0 Å². The maximum absolute atomic E-state index is 12.9. The first kappa shape index (κ1) is 11.7. The number of benzene rings is 1. The molecule has 2 aliphatic heterocycles. The molecule has 5 nitrogen and oxygen atoms in total. The van der Waals surface area contributed by atoms with Crippen molar-refractivity contribution >= 4 is 28.4 Å². The number of amides is 1. The SMILES string of the molecule is O=C1c2cc3ccccc3n2C(=O)C2Cc3ccncc3N12. The average molecular weight is 289 g/mol. The first-order valence-corrected chi connectivity index (χ1v) is 7.17. The standard InChI is InChI=1S/C17H11N3O2/c21-16-14-8-11-5-6-18-9-15(11)20(14)17(22)13-7-10-3-1-2-4-12(10)19(13)16/h1-7,9,14H,8H2. The van der Waals surface area contributed by atoms with Crippen LogP contribution in [0.25, 0.3) is 10.9 Å². The van der Waals surface area contributed by atoms with E-state index < -0.39 is 6.04 Å². The fourth-order valence-electron chi connectivity index (χ4n) is 3.54. The van der Waals surface area contributed by atoms with Gasteiger partial charge in [-0.25, -0.2) is 0 Å². The third kappa shape index (κ3) is 1.26. The van der Waals surface area contributed by atoms with Crippen LogP contribution in [0.15, 0.2) is 48.8 Å². The van der Waals surface area contributed by atoms with Crippen LogP contribution in [0, 0.1) is 0 Å². The molecule has 3 aromatic rings.